The summed E-state index contributed by atoms with van der Waals surface area (Å²) in [7, 11) is -2.12. The minimum atomic E-state index is -3.71. The first-order valence-electron chi connectivity index (χ1n) is 5.86. The number of ether oxygens (including phenoxy) is 1. The Hall–Kier alpha value is -1.44. The minimum absolute atomic E-state index is 0.00751. The number of primary amides is 1. The second kappa shape index (κ2) is 7.22. The lowest BCUT2D eigenvalue weighted by atomic mass is 10.2. The summed E-state index contributed by atoms with van der Waals surface area (Å²) in [6.45, 7) is 0.873. The maximum atomic E-state index is 12.0. The summed E-state index contributed by atoms with van der Waals surface area (Å²) in [6, 6.07) is 5.86. The molecule has 3 N–H and O–H groups in total. The second-order valence-corrected chi connectivity index (χ2v) is 5.69. The third-order valence-corrected chi connectivity index (χ3v) is 4.03. The number of carbonyl (C=O) groups is 1. The van der Waals surface area contributed by atoms with Crippen LogP contribution in [0, 0.1) is 0 Å². The van der Waals surface area contributed by atoms with Gasteiger partial charge in [0.15, 0.2) is 0 Å². The minimum Gasteiger partial charge on any atom is -0.385 e. The molecular formula is C12H18N2O4S. The van der Waals surface area contributed by atoms with Crippen molar-refractivity contribution in [2.75, 3.05) is 20.3 Å². The van der Waals surface area contributed by atoms with Gasteiger partial charge in [0.2, 0.25) is 15.9 Å². The maximum Gasteiger partial charge on any atom is 0.250 e. The molecule has 7 heteroatoms. The van der Waals surface area contributed by atoms with E-state index in [0.717, 1.165) is 6.42 Å². The van der Waals surface area contributed by atoms with Crippen molar-refractivity contribution in [1.82, 2.24) is 4.72 Å². The fraction of sp³-hybridized carbons (Fsp3) is 0.417. The molecule has 0 aliphatic heterocycles. The molecule has 19 heavy (non-hydrogen) atoms. The van der Waals surface area contributed by atoms with E-state index in [1.165, 1.54) is 12.1 Å². The van der Waals surface area contributed by atoms with Crippen LogP contribution in [-0.4, -0.2) is 34.6 Å². The lowest BCUT2D eigenvalue weighted by Gasteiger charge is -2.09. The van der Waals surface area contributed by atoms with Gasteiger partial charge in [0.1, 0.15) is 0 Å². The monoisotopic (exact) mass is 286 g/mol. The number of rotatable bonds is 8. The van der Waals surface area contributed by atoms with Gasteiger partial charge in [-0.3, -0.25) is 4.79 Å². The molecule has 0 unspecified atom stereocenters. The lowest BCUT2D eigenvalue weighted by molar-refractivity contribution is 0.0997. The molecule has 0 saturated heterocycles. The van der Waals surface area contributed by atoms with E-state index in [1.54, 1.807) is 19.2 Å². The number of carbonyl (C=O) groups excluding carboxylic acids is 1. The van der Waals surface area contributed by atoms with E-state index in [2.05, 4.69) is 4.72 Å². The third kappa shape index (κ3) is 4.62. The van der Waals surface area contributed by atoms with Gasteiger partial charge in [-0.25, -0.2) is 13.1 Å². The van der Waals surface area contributed by atoms with Gasteiger partial charge in [-0.15, -0.1) is 0 Å². The van der Waals surface area contributed by atoms with Crippen LogP contribution in [0.1, 0.15) is 23.2 Å². The molecule has 1 aromatic carbocycles. The summed E-state index contributed by atoms with van der Waals surface area (Å²) in [6.07, 6.45) is 1.42. The summed E-state index contributed by atoms with van der Waals surface area (Å²) in [4.78, 5) is 11.1. The average Bonchev–Trinajstić information content (AvgIpc) is 2.38. The van der Waals surface area contributed by atoms with Gasteiger partial charge < -0.3 is 10.5 Å². The molecule has 0 atom stereocenters. The molecule has 0 aliphatic carbocycles. The van der Waals surface area contributed by atoms with Crippen molar-refractivity contribution < 1.29 is 17.9 Å². The van der Waals surface area contributed by atoms with Crippen LogP contribution in [0.3, 0.4) is 0 Å². The highest BCUT2D eigenvalue weighted by Crippen LogP contribution is 2.14. The van der Waals surface area contributed by atoms with E-state index in [-0.39, 0.29) is 10.5 Å². The molecule has 0 bridgehead atoms. The van der Waals surface area contributed by atoms with Crippen LogP contribution >= 0.6 is 0 Å². The Bertz CT molecular complexity index is 528. The van der Waals surface area contributed by atoms with Gasteiger partial charge in [-0.2, -0.15) is 0 Å². The number of amides is 1. The molecule has 0 spiro atoms. The number of unbranched alkanes of at least 4 members (excludes halogenated alkanes) is 1. The van der Waals surface area contributed by atoms with Gasteiger partial charge in [-0.1, -0.05) is 12.1 Å². The molecule has 0 saturated carbocycles. The summed E-state index contributed by atoms with van der Waals surface area (Å²) < 4.78 is 31.4. The van der Waals surface area contributed by atoms with Gasteiger partial charge in [0, 0.05) is 20.3 Å². The van der Waals surface area contributed by atoms with Crippen molar-refractivity contribution >= 4 is 15.9 Å². The third-order valence-electron chi connectivity index (χ3n) is 2.51. The Balaban J connectivity index is 2.75. The first-order chi connectivity index (χ1) is 8.99. The van der Waals surface area contributed by atoms with E-state index < -0.39 is 15.9 Å². The molecule has 0 radical (unpaired) electrons. The van der Waals surface area contributed by atoms with E-state index >= 15 is 0 Å². The van der Waals surface area contributed by atoms with E-state index in [9.17, 15) is 13.2 Å². The number of methoxy groups -OCH3 is 1. The zero-order valence-electron chi connectivity index (χ0n) is 10.8. The van der Waals surface area contributed by atoms with Crippen LogP contribution in [0.15, 0.2) is 29.2 Å². The second-order valence-electron chi connectivity index (χ2n) is 3.96. The van der Waals surface area contributed by atoms with Gasteiger partial charge >= 0.3 is 0 Å². The Morgan fingerprint density at radius 2 is 2.00 bits per heavy atom. The Labute approximate surface area is 113 Å². The van der Waals surface area contributed by atoms with E-state index in [1.807, 2.05) is 0 Å². The number of hydrogen-bond donors (Lipinski definition) is 2. The largest absolute Gasteiger partial charge is 0.385 e. The average molecular weight is 286 g/mol. The van der Waals surface area contributed by atoms with Crippen LogP contribution in [0.2, 0.25) is 0 Å². The van der Waals surface area contributed by atoms with Crippen molar-refractivity contribution in [3.63, 3.8) is 0 Å². The zero-order chi connectivity index (χ0) is 14.3. The number of sulfonamides is 1. The smallest absolute Gasteiger partial charge is 0.250 e. The predicted molar refractivity (Wildman–Crippen MR) is 71.3 cm³/mol. The molecular weight excluding hydrogens is 268 g/mol. The van der Waals surface area contributed by atoms with Gasteiger partial charge in [-0.05, 0) is 25.0 Å². The summed E-state index contributed by atoms with van der Waals surface area (Å²) >= 11 is 0. The highest BCUT2D eigenvalue weighted by atomic mass is 32.2. The summed E-state index contributed by atoms with van der Waals surface area (Å²) in [5, 5.41) is 0. The SMILES string of the molecule is COCCCCNS(=O)(=O)c1ccccc1C(N)=O. The molecule has 106 valence electrons. The maximum absolute atomic E-state index is 12.0. The van der Waals surface area contributed by atoms with Crippen LogP contribution < -0.4 is 10.5 Å². The quantitative estimate of drug-likeness (QED) is 0.679. The number of nitrogens with two attached hydrogens (primary N) is 1. The molecule has 1 rings (SSSR count). The van der Waals surface area contributed by atoms with Crippen LogP contribution in [0.4, 0.5) is 0 Å². The number of nitrogens with one attached hydrogen (secondary N) is 1. The topological polar surface area (TPSA) is 98.5 Å². The first kappa shape index (κ1) is 15.6. The molecule has 1 amide bonds. The molecule has 0 aliphatic rings. The van der Waals surface area contributed by atoms with E-state index in [0.29, 0.717) is 19.6 Å². The molecule has 0 heterocycles. The lowest BCUT2D eigenvalue weighted by Crippen LogP contribution is -2.27. The highest BCUT2D eigenvalue weighted by Gasteiger charge is 2.19. The number of benzene rings is 1. The Morgan fingerprint density at radius 3 is 2.63 bits per heavy atom. The number of hydrogen-bond acceptors (Lipinski definition) is 4. The summed E-state index contributed by atoms with van der Waals surface area (Å²) in [5.41, 5.74) is 5.15. The molecule has 6 nitrogen and oxygen atoms in total. The van der Waals surface area contributed by atoms with Crippen molar-refractivity contribution in [2.45, 2.75) is 17.7 Å². The van der Waals surface area contributed by atoms with Crippen LogP contribution in [0.25, 0.3) is 0 Å². The van der Waals surface area contributed by atoms with Crippen LogP contribution in [-0.2, 0) is 14.8 Å². The highest BCUT2D eigenvalue weighted by molar-refractivity contribution is 7.89. The van der Waals surface area contributed by atoms with Crippen molar-refractivity contribution in [3.8, 4) is 0 Å². The Morgan fingerprint density at radius 1 is 1.32 bits per heavy atom. The first-order valence-corrected chi connectivity index (χ1v) is 7.35. The predicted octanol–water partition coefficient (Wildman–Crippen LogP) is 0.490. The standard InChI is InChI=1S/C12H18N2O4S/c1-18-9-5-4-8-14-19(16,17)11-7-3-2-6-10(11)12(13)15/h2-3,6-7,14H,4-5,8-9H2,1H3,(H2,13,15). The van der Waals surface area contributed by atoms with Gasteiger partial charge in [0.05, 0.1) is 10.5 Å². The molecule has 0 aromatic heterocycles. The van der Waals surface area contributed by atoms with Crippen molar-refractivity contribution in [2.24, 2.45) is 5.73 Å². The van der Waals surface area contributed by atoms with Crippen LogP contribution in [0.5, 0.6) is 0 Å². The van der Waals surface area contributed by atoms with Crippen molar-refractivity contribution in [1.29, 1.82) is 0 Å². The van der Waals surface area contributed by atoms with Gasteiger partial charge in [0.25, 0.3) is 0 Å². The normalized spacial score (nSPS) is 11.4. The fourth-order valence-corrected chi connectivity index (χ4v) is 2.84. The molecule has 1 aromatic rings. The zero-order valence-corrected chi connectivity index (χ0v) is 11.6. The Kier molecular flexibility index (Phi) is 5.94. The van der Waals surface area contributed by atoms with Crippen molar-refractivity contribution in [3.05, 3.63) is 29.8 Å². The fourth-order valence-electron chi connectivity index (χ4n) is 1.56. The molecule has 0 fully saturated rings. The summed E-state index contributed by atoms with van der Waals surface area (Å²) in [5.74, 6) is -0.764. The van der Waals surface area contributed by atoms with E-state index in [4.69, 9.17) is 10.5 Å².